The molecule has 0 saturated carbocycles. The molecule has 0 unspecified atom stereocenters. The van der Waals surface area contributed by atoms with Crippen molar-refractivity contribution in [2.24, 2.45) is 9.98 Å². The van der Waals surface area contributed by atoms with Crippen LogP contribution in [-0.2, 0) is 0 Å². The van der Waals surface area contributed by atoms with Crippen molar-refractivity contribution in [3.05, 3.63) is 98.6 Å². The molecular weight excluding hydrogens is 392 g/mol. The number of hydrogen-bond acceptors (Lipinski definition) is 4. The number of benzene rings is 3. The predicted octanol–water partition coefficient (Wildman–Crippen LogP) is 3.93. The fourth-order valence-electron chi connectivity index (χ4n) is 2.86. The molecule has 0 atom stereocenters. The summed E-state index contributed by atoms with van der Waals surface area (Å²) in [7, 11) is 0. The number of fused-ring (bicyclic) bond motifs is 1. The normalized spacial score (nSPS) is 12.8. The number of carbonyl (C=O) groups is 1. The summed E-state index contributed by atoms with van der Waals surface area (Å²) in [5, 5.41) is 1.70. The Morgan fingerprint density at radius 3 is 2.31 bits per heavy atom. The molecule has 26 heavy (non-hydrogen) atoms. The number of para-hydroxylation sites is 2. The number of carbonyl (C=O) groups excluding carboxylic acids is 1. The van der Waals surface area contributed by atoms with Crippen molar-refractivity contribution in [3.8, 4) is 5.75 Å². The van der Waals surface area contributed by atoms with Crippen molar-refractivity contribution in [2.75, 3.05) is 0 Å². The molecule has 128 valence electrons. The number of esters is 1. The summed E-state index contributed by atoms with van der Waals surface area (Å²) in [6.45, 7) is 1.99. The van der Waals surface area contributed by atoms with Gasteiger partial charge in [0.25, 0.3) is 0 Å². The average molecular weight is 407 g/mol. The lowest BCUT2D eigenvalue weighted by atomic mass is 10.1. The number of hydrogen-bond donors (Lipinski definition) is 0. The average Bonchev–Trinajstić information content (AvgIpc) is 3.07. The lowest BCUT2D eigenvalue weighted by Crippen LogP contribution is -2.19. The summed E-state index contributed by atoms with van der Waals surface area (Å²) in [5.74, 6) is 0.0553. The van der Waals surface area contributed by atoms with Crippen LogP contribution >= 0.6 is 15.9 Å². The number of nitrogens with zero attached hydrogens (tertiary/aromatic N) is 2. The van der Waals surface area contributed by atoms with Crippen LogP contribution < -0.4 is 15.5 Å². The minimum absolute atomic E-state index is 0.408. The van der Waals surface area contributed by atoms with Crippen molar-refractivity contribution in [3.63, 3.8) is 0 Å². The van der Waals surface area contributed by atoms with E-state index in [-0.39, 0.29) is 0 Å². The highest BCUT2D eigenvalue weighted by Gasteiger charge is 2.20. The third-order valence-corrected chi connectivity index (χ3v) is 4.84. The smallest absolute Gasteiger partial charge is 0.344 e. The molecule has 1 aliphatic rings. The molecule has 0 saturated heterocycles. The highest BCUT2D eigenvalue weighted by molar-refractivity contribution is 9.10. The lowest BCUT2D eigenvalue weighted by molar-refractivity contribution is 0.0731. The van der Waals surface area contributed by atoms with Crippen molar-refractivity contribution in [1.82, 2.24) is 0 Å². The Kier molecular flexibility index (Phi) is 4.39. The first-order chi connectivity index (χ1) is 12.6. The number of rotatable bonds is 3. The topological polar surface area (TPSA) is 51.0 Å². The van der Waals surface area contributed by atoms with Gasteiger partial charge in [-0.2, -0.15) is 0 Å². The molecule has 0 spiro atoms. The highest BCUT2D eigenvalue weighted by Crippen LogP contribution is 2.31. The van der Waals surface area contributed by atoms with E-state index in [0.29, 0.717) is 15.8 Å². The summed E-state index contributed by atoms with van der Waals surface area (Å²) in [4.78, 5) is 21.9. The van der Waals surface area contributed by atoms with E-state index in [9.17, 15) is 4.79 Å². The molecule has 4 rings (SSSR count). The molecule has 0 N–H and O–H groups in total. The van der Waals surface area contributed by atoms with Crippen LogP contribution in [-0.4, -0.2) is 5.97 Å². The fraction of sp³-hybridized carbons (Fsp3) is 0.0952. The van der Waals surface area contributed by atoms with Crippen molar-refractivity contribution in [1.29, 1.82) is 0 Å². The fourth-order valence-corrected chi connectivity index (χ4v) is 3.30. The first-order valence-corrected chi connectivity index (χ1v) is 8.99. The van der Waals surface area contributed by atoms with Crippen LogP contribution in [0.5, 0.6) is 5.75 Å². The van der Waals surface area contributed by atoms with Gasteiger partial charge < -0.3 is 4.74 Å². The second-order valence-electron chi connectivity index (χ2n) is 6.03. The number of aryl methyl sites for hydroxylation is 1. The third kappa shape index (κ3) is 3.18. The van der Waals surface area contributed by atoms with E-state index in [1.54, 1.807) is 18.2 Å². The van der Waals surface area contributed by atoms with E-state index in [0.717, 1.165) is 21.8 Å². The van der Waals surface area contributed by atoms with Crippen LogP contribution in [0.25, 0.3) is 0 Å². The summed E-state index contributed by atoms with van der Waals surface area (Å²) < 4.78 is 6.39. The molecule has 5 heteroatoms. The van der Waals surface area contributed by atoms with E-state index >= 15 is 0 Å². The minimum atomic E-state index is -0.418. The minimum Gasteiger partial charge on any atom is -0.422 e. The molecular formula is C21H15BrN2O2. The maximum Gasteiger partial charge on any atom is 0.344 e. The van der Waals surface area contributed by atoms with E-state index in [2.05, 4.69) is 25.9 Å². The van der Waals surface area contributed by atoms with E-state index in [1.165, 1.54) is 0 Å². The Hall–Kier alpha value is -2.79. The van der Waals surface area contributed by atoms with Gasteiger partial charge in [-0.15, -0.1) is 0 Å². The van der Waals surface area contributed by atoms with Crippen molar-refractivity contribution >= 4 is 21.9 Å². The molecule has 0 amide bonds. The molecule has 1 aliphatic heterocycles. The molecule has 0 radical (unpaired) electrons. The molecule has 0 aliphatic carbocycles. The molecule has 0 bridgehead atoms. The summed E-state index contributed by atoms with van der Waals surface area (Å²) in [6, 6.07) is 20.6. The Morgan fingerprint density at radius 1 is 0.962 bits per heavy atom. The summed E-state index contributed by atoms with van der Waals surface area (Å²) in [5.41, 5.74) is 2.31. The lowest BCUT2D eigenvalue weighted by Gasteiger charge is -2.13. The molecule has 1 heterocycles. The van der Waals surface area contributed by atoms with Crippen molar-refractivity contribution in [2.45, 2.75) is 13.1 Å². The predicted molar refractivity (Wildman–Crippen MR) is 102 cm³/mol. The zero-order valence-electron chi connectivity index (χ0n) is 14.0. The maximum absolute atomic E-state index is 12.6. The van der Waals surface area contributed by atoms with Gasteiger partial charge >= 0.3 is 5.97 Å². The van der Waals surface area contributed by atoms with Gasteiger partial charge in [-0.3, -0.25) is 9.98 Å². The Labute approximate surface area is 159 Å². The third-order valence-electron chi connectivity index (χ3n) is 4.14. The van der Waals surface area contributed by atoms with E-state index in [4.69, 9.17) is 4.74 Å². The summed E-state index contributed by atoms with van der Waals surface area (Å²) in [6.07, 6.45) is -0.408. The van der Waals surface area contributed by atoms with Gasteiger partial charge in [0.2, 0.25) is 0 Å². The van der Waals surface area contributed by atoms with Gasteiger partial charge in [-0.05, 0) is 59.3 Å². The number of ether oxygens (including phenoxy) is 1. The van der Waals surface area contributed by atoms with Gasteiger partial charge in [-0.1, -0.05) is 35.9 Å². The van der Waals surface area contributed by atoms with Gasteiger partial charge in [0.15, 0.2) is 6.17 Å². The second kappa shape index (κ2) is 6.84. The van der Waals surface area contributed by atoms with Crippen LogP contribution in [0.3, 0.4) is 0 Å². The Balaban J connectivity index is 1.71. The Bertz CT molecular complexity index is 1090. The molecule has 3 aromatic rings. The van der Waals surface area contributed by atoms with Crippen LogP contribution in [0.4, 0.5) is 0 Å². The van der Waals surface area contributed by atoms with Crippen LogP contribution in [0, 0.1) is 6.92 Å². The zero-order valence-corrected chi connectivity index (χ0v) is 15.6. The highest BCUT2D eigenvalue weighted by atomic mass is 79.9. The second-order valence-corrected chi connectivity index (χ2v) is 6.89. The van der Waals surface area contributed by atoms with Crippen LogP contribution in [0.1, 0.15) is 27.7 Å². The van der Waals surface area contributed by atoms with Crippen LogP contribution in [0.15, 0.2) is 81.2 Å². The van der Waals surface area contributed by atoms with E-state index < -0.39 is 12.1 Å². The molecule has 0 aromatic heterocycles. The monoisotopic (exact) mass is 406 g/mol. The van der Waals surface area contributed by atoms with E-state index in [1.807, 2.05) is 55.5 Å². The van der Waals surface area contributed by atoms with Gasteiger partial charge in [0, 0.05) is 10.0 Å². The first kappa shape index (κ1) is 16.7. The molecule has 3 aromatic carbocycles. The maximum atomic E-state index is 12.6. The summed E-state index contributed by atoms with van der Waals surface area (Å²) >= 11 is 3.39. The first-order valence-electron chi connectivity index (χ1n) is 8.20. The quantitative estimate of drug-likeness (QED) is 0.488. The molecule has 4 nitrogen and oxygen atoms in total. The molecule has 0 fully saturated rings. The SMILES string of the molecule is Cc1ccc(OC(=O)c2ccccc2Br)c(C2N=c3ccccc3=N2)c1. The van der Waals surface area contributed by atoms with Gasteiger partial charge in [-0.25, -0.2) is 4.79 Å². The Morgan fingerprint density at radius 2 is 1.62 bits per heavy atom. The van der Waals surface area contributed by atoms with Crippen molar-refractivity contribution < 1.29 is 9.53 Å². The number of halogens is 1. The largest absolute Gasteiger partial charge is 0.422 e. The zero-order chi connectivity index (χ0) is 18.1. The van der Waals surface area contributed by atoms with Crippen LogP contribution in [0.2, 0.25) is 0 Å². The van der Waals surface area contributed by atoms with Gasteiger partial charge in [0.05, 0.1) is 16.3 Å². The van der Waals surface area contributed by atoms with Gasteiger partial charge in [0.1, 0.15) is 5.75 Å². The standard InChI is InChI=1S/C21H15BrN2O2/c1-13-10-11-19(26-21(25)14-6-2-3-7-16(14)22)15(12-13)20-23-17-8-4-5-9-18(17)24-20/h2-12,20H,1H3.